The van der Waals surface area contributed by atoms with Crippen LogP contribution in [0.4, 0.5) is 15.0 Å². The Hall–Kier alpha value is -3.03. The molecule has 2 rings (SSSR count). The Morgan fingerprint density at radius 3 is 2.61 bits per heavy atom. The molecule has 0 saturated heterocycles. The monoisotopic (exact) mass is 318 g/mol. The summed E-state index contributed by atoms with van der Waals surface area (Å²) in [6.45, 7) is 1.91. The summed E-state index contributed by atoms with van der Waals surface area (Å²) in [4.78, 5) is 24.4. The number of hydrogen-bond donors (Lipinski definition) is 0. The first kappa shape index (κ1) is 16.3. The number of rotatable bonds is 4. The highest BCUT2D eigenvalue weighted by Gasteiger charge is 2.13. The van der Waals surface area contributed by atoms with E-state index >= 15 is 0 Å². The lowest BCUT2D eigenvalue weighted by Crippen LogP contribution is -2.15. The van der Waals surface area contributed by atoms with Gasteiger partial charge in [0, 0.05) is 14.1 Å². The van der Waals surface area contributed by atoms with E-state index in [4.69, 9.17) is 9.47 Å². The zero-order valence-electron chi connectivity index (χ0n) is 12.9. The van der Waals surface area contributed by atoms with Crippen molar-refractivity contribution >= 4 is 18.3 Å². The van der Waals surface area contributed by atoms with Crippen LogP contribution < -0.4 is 9.47 Å². The maximum atomic E-state index is 13.5. The smallest absolute Gasteiger partial charge is 0.395 e. The van der Waals surface area contributed by atoms with Crippen molar-refractivity contribution in [2.24, 2.45) is 4.99 Å². The molecule has 120 valence electrons. The number of benzene rings is 1. The number of aliphatic imine (C=N–C) groups is 1. The number of hydrogen-bond acceptors (Lipinski definition) is 6. The number of carbonyl (C=O) groups is 1. The van der Waals surface area contributed by atoms with Crippen molar-refractivity contribution in [2.45, 2.75) is 6.92 Å². The van der Waals surface area contributed by atoms with Gasteiger partial charge < -0.3 is 14.4 Å². The van der Waals surface area contributed by atoms with E-state index in [0.29, 0.717) is 5.75 Å². The molecular weight excluding hydrogens is 303 g/mol. The fourth-order valence-electron chi connectivity index (χ4n) is 1.45. The number of aromatic nitrogens is 2. The van der Waals surface area contributed by atoms with Crippen molar-refractivity contribution in [1.82, 2.24) is 14.9 Å². The zero-order chi connectivity index (χ0) is 16.8. The van der Waals surface area contributed by atoms with E-state index in [1.54, 1.807) is 43.3 Å². The van der Waals surface area contributed by atoms with Gasteiger partial charge in [0.1, 0.15) is 5.75 Å². The number of halogens is 1. The van der Waals surface area contributed by atoms with Gasteiger partial charge in [0.25, 0.3) is 0 Å². The summed E-state index contributed by atoms with van der Waals surface area (Å²) in [6, 6.07) is 6.45. The van der Waals surface area contributed by atoms with Crippen LogP contribution in [0.3, 0.4) is 0 Å². The second-order valence-corrected chi connectivity index (χ2v) is 4.80. The van der Waals surface area contributed by atoms with Gasteiger partial charge in [-0.2, -0.15) is 4.98 Å². The quantitative estimate of drug-likeness (QED) is 0.373. The third-order valence-corrected chi connectivity index (χ3v) is 2.51. The highest BCUT2D eigenvalue weighted by molar-refractivity contribution is 5.66. The van der Waals surface area contributed by atoms with Crippen LogP contribution in [0.2, 0.25) is 0 Å². The fourth-order valence-corrected chi connectivity index (χ4v) is 1.45. The number of carbonyl (C=O) groups excluding carboxylic acids is 1. The average molecular weight is 318 g/mol. The van der Waals surface area contributed by atoms with Gasteiger partial charge in [-0.1, -0.05) is 17.7 Å². The van der Waals surface area contributed by atoms with E-state index < -0.39 is 12.0 Å². The molecule has 0 radical (unpaired) electrons. The normalized spacial score (nSPS) is 10.6. The van der Waals surface area contributed by atoms with Crippen LogP contribution in [0.5, 0.6) is 11.8 Å². The van der Waals surface area contributed by atoms with Crippen LogP contribution in [0.15, 0.2) is 35.5 Å². The van der Waals surface area contributed by atoms with E-state index in [0.717, 1.165) is 11.8 Å². The Morgan fingerprint density at radius 2 is 1.96 bits per heavy atom. The molecule has 0 aliphatic rings. The lowest BCUT2D eigenvalue weighted by molar-refractivity contribution is 0.147. The third-order valence-electron chi connectivity index (χ3n) is 2.51. The molecular formula is C15H15FN4O3. The molecule has 23 heavy (non-hydrogen) atoms. The van der Waals surface area contributed by atoms with Gasteiger partial charge in [0.05, 0.1) is 12.5 Å². The van der Waals surface area contributed by atoms with Crippen molar-refractivity contribution in [3.8, 4) is 11.8 Å². The minimum absolute atomic E-state index is 0.244. The maximum Gasteiger partial charge on any atom is 0.521 e. The minimum atomic E-state index is -1.02. The first-order valence-corrected chi connectivity index (χ1v) is 6.63. The fraction of sp³-hybridized carbons (Fsp3) is 0.200. The molecule has 0 amide bonds. The second-order valence-electron chi connectivity index (χ2n) is 4.80. The number of ether oxygens (including phenoxy) is 2. The summed E-state index contributed by atoms with van der Waals surface area (Å²) in [5.74, 6) is -0.664. The van der Waals surface area contributed by atoms with E-state index in [1.165, 1.54) is 6.34 Å². The van der Waals surface area contributed by atoms with Crippen LogP contribution in [-0.2, 0) is 0 Å². The molecule has 0 bridgehead atoms. The van der Waals surface area contributed by atoms with E-state index in [-0.39, 0.29) is 11.8 Å². The molecule has 7 nitrogen and oxygen atoms in total. The molecule has 0 N–H and O–H groups in total. The summed E-state index contributed by atoms with van der Waals surface area (Å²) in [6.07, 6.45) is 1.20. The summed E-state index contributed by atoms with van der Waals surface area (Å²) in [5.41, 5.74) is 1.02. The van der Waals surface area contributed by atoms with Crippen LogP contribution in [0.25, 0.3) is 0 Å². The van der Waals surface area contributed by atoms with Crippen LogP contribution in [0.1, 0.15) is 5.56 Å². The van der Waals surface area contributed by atoms with Crippen LogP contribution in [-0.4, -0.2) is 41.5 Å². The minimum Gasteiger partial charge on any atom is -0.395 e. The van der Waals surface area contributed by atoms with Crippen molar-refractivity contribution in [1.29, 1.82) is 0 Å². The Morgan fingerprint density at radius 1 is 1.26 bits per heavy atom. The van der Waals surface area contributed by atoms with Gasteiger partial charge in [-0.15, -0.1) is 0 Å². The van der Waals surface area contributed by atoms with Gasteiger partial charge in [-0.25, -0.2) is 19.2 Å². The Kier molecular flexibility index (Phi) is 5.19. The molecule has 1 aromatic heterocycles. The summed E-state index contributed by atoms with van der Waals surface area (Å²) >= 11 is 0. The number of aryl methyl sites for hydroxylation is 1. The summed E-state index contributed by atoms with van der Waals surface area (Å²) in [7, 11) is 3.44. The Labute approximate surface area is 132 Å². The molecule has 0 unspecified atom stereocenters. The molecule has 0 fully saturated rings. The molecule has 0 atom stereocenters. The average Bonchev–Trinajstić information content (AvgIpc) is 2.50. The first-order valence-electron chi connectivity index (χ1n) is 6.63. The van der Waals surface area contributed by atoms with Crippen molar-refractivity contribution in [3.63, 3.8) is 0 Å². The third kappa shape index (κ3) is 5.03. The molecule has 0 spiro atoms. The molecule has 8 heteroatoms. The molecule has 0 aliphatic heterocycles. The maximum absolute atomic E-state index is 13.5. The van der Waals surface area contributed by atoms with Crippen molar-refractivity contribution in [3.05, 3.63) is 41.8 Å². The molecule has 0 aliphatic carbocycles. The van der Waals surface area contributed by atoms with Crippen molar-refractivity contribution < 1.29 is 18.7 Å². The van der Waals surface area contributed by atoms with Gasteiger partial charge >= 0.3 is 12.2 Å². The predicted molar refractivity (Wildman–Crippen MR) is 81.7 cm³/mol. The van der Waals surface area contributed by atoms with Gasteiger partial charge in [0.2, 0.25) is 0 Å². The lowest BCUT2D eigenvalue weighted by Gasteiger charge is -2.05. The topological polar surface area (TPSA) is 76.9 Å². The van der Waals surface area contributed by atoms with E-state index in [2.05, 4.69) is 15.0 Å². The standard InChI is InChI=1S/C15H15FN4O3/c1-10-4-6-11(7-5-10)22-15(21)23-14-17-8-12(16)13(19-14)18-9-20(2)3/h4-9H,1-3H3. The van der Waals surface area contributed by atoms with Gasteiger partial charge in [0.15, 0.2) is 11.6 Å². The highest BCUT2D eigenvalue weighted by atomic mass is 19.1. The summed E-state index contributed by atoms with van der Waals surface area (Å²) < 4.78 is 23.3. The molecule has 1 aromatic carbocycles. The Bertz CT molecular complexity index is 717. The lowest BCUT2D eigenvalue weighted by atomic mass is 10.2. The molecule has 0 saturated carbocycles. The van der Waals surface area contributed by atoms with E-state index in [9.17, 15) is 9.18 Å². The number of nitrogens with zero attached hydrogens (tertiary/aromatic N) is 4. The highest BCUT2D eigenvalue weighted by Crippen LogP contribution is 2.17. The van der Waals surface area contributed by atoms with Crippen molar-refractivity contribution in [2.75, 3.05) is 14.1 Å². The largest absolute Gasteiger partial charge is 0.521 e. The summed E-state index contributed by atoms with van der Waals surface area (Å²) in [5, 5.41) is 0. The van der Waals surface area contributed by atoms with Gasteiger partial charge in [-0.05, 0) is 19.1 Å². The zero-order valence-corrected chi connectivity index (χ0v) is 12.9. The predicted octanol–water partition coefficient (Wildman–Crippen LogP) is 2.72. The molecule has 1 heterocycles. The van der Waals surface area contributed by atoms with Crippen LogP contribution >= 0.6 is 0 Å². The molecule has 2 aromatic rings. The van der Waals surface area contributed by atoms with Crippen LogP contribution in [0, 0.1) is 12.7 Å². The second kappa shape index (κ2) is 7.30. The SMILES string of the molecule is Cc1ccc(OC(=O)Oc2ncc(F)c(N=CN(C)C)n2)cc1. The van der Waals surface area contributed by atoms with Gasteiger partial charge in [-0.3, -0.25) is 0 Å². The van der Waals surface area contributed by atoms with E-state index in [1.807, 2.05) is 6.92 Å². The Balaban J connectivity index is 2.05. The first-order chi connectivity index (χ1) is 10.9.